The highest BCUT2D eigenvalue weighted by Crippen LogP contribution is 2.32. The van der Waals surface area contributed by atoms with Gasteiger partial charge >= 0.3 is 5.97 Å². The molecule has 0 aliphatic rings. The number of alkyl halides is 1. The second kappa shape index (κ2) is 10.9. The lowest BCUT2D eigenvalue weighted by Crippen LogP contribution is -2.39. The lowest BCUT2D eigenvalue weighted by Gasteiger charge is -2.23. The molecule has 0 fully saturated rings. The highest BCUT2D eigenvalue weighted by Gasteiger charge is 2.26. The molecule has 0 saturated carbocycles. The number of rotatable bonds is 10. The molecule has 0 heterocycles. The maximum absolute atomic E-state index is 12.0. The molecule has 0 aromatic rings. The van der Waals surface area contributed by atoms with Crippen LogP contribution in [-0.4, -0.2) is 38.3 Å². The summed E-state index contributed by atoms with van der Waals surface area (Å²) in [6, 6.07) is 0. The molecule has 140 valence electrons. The van der Waals surface area contributed by atoms with Gasteiger partial charge in [-0.2, -0.15) is 0 Å². The number of esters is 1. The molecule has 1 N–H and O–H groups in total. The van der Waals surface area contributed by atoms with Crippen LogP contribution in [0, 0.1) is 0 Å². The average Bonchev–Trinajstić information content (AvgIpc) is 2.46. The second-order valence-electron chi connectivity index (χ2n) is 6.34. The summed E-state index contributed by atoms with van der Waals surface area (Å²) in [4.78, 5) is 23.7. The zero-order valence-corrected chi connectivity index (χ0v) is 18.4. The highest BCUT2D eigenvalue weighted by molar-refractivity contribution is 9.10. The fourth-order valence-corrected chi connectivity index (χ4v) is 3.56. The monoisotopic (exact) mass is 447 g/mol. The van der Waals surface area contributed by atoms with Gasteiger partial charge in [0, 0.05) is 4.75 Å². The zero-order valence-electron chi connectivity index (χ0n) is 15.2. The Kier molecular flexibility index (Phi) is 10.5. The lowest BCUT2D eigenvalue weighted by molar-refractivity contribution is -0.144. The van der Waals surface area contributed by atoms with E-state index in [0.717, 1.165) is 5.57 Å². The SMILES string of the molecule is C=C/C=C(\C=C)C(=S)SC(C)(C)CC(=O)OCCNC(=O)C(C)(C)Br. The lowest BCUT2D eigenvalue weighted by atomic mass is 10.1. The van der Waals surface area contributed by atoms with Crippen LogP contribution in [0.4, 0.5) is 0 Å². The molecule has 0 spiro atoms. The van der Waals surface area contributed by atoms with Crippen LogP contribution in [0.1, 0.15) is 34.1 Å². The van der Waals surface area contributed by atoms with Gasteiger partial charge in [-0.25, -0.2) is 0 Å². The number of carbonyl (C=O) groups excluding carboxylic acids is 2. The molecular formula is C18H26BrNO3S2. The number of nitrogens with one attached hydrogen (secondary N) is 1. The van der Waals surface area contributed by atoms with Crippen molar-refractivity contribution in [2.75, 3.05) is 13.2 Å². The summed E-state index contributed by atoms with van der Waals surface area (Å²) in [5.41, 5.74) is 0.802. The normalized spacial score (nSPS) is 12.3. The van der Waals surface area contributed by atoms with Crippen molar-refractivity contribution in [2.24, 2.45) is 0 Å². The third-order valence-corrected chi connectivity index (χ3v) is 4.85. The summed E-state index contributed by atoms with van der Waals surface area (Å²) >= 11 is 10.1. The molecule has 0 radical (unpaired) electrons. The topological polar surface area (TPSA) is 55.4 Å². The Morgan fingerprint density at radius 2 is 1.88 bits per heavy atom. The van der Waals surface area contributed by atoms with Crippen LogP contribution >= 0.6 is 39.9 Å². The smallest absolute Gasteiger partial charge is 0.307 e. The van der Waals surface area contributed by atoms with E-state index in [1.165, 1.54) is 11.8 Å². The van der Waals surface area contributed by atoms with Crippen molar-refractivity contribution in [3.8, 4) is 0 Å². The first-order valence-electron chi connectivity index (χ1n) is 7.74. The number of thiocarbonyl (C=S) groups is 1. The maximum atomic E-state index is 12.0. The van der Waals surface area contributed by atoms with E-state index in [9.17, 15) is 9.59 Å². The largest absolute Gasteiger partial charge is 0.464 e. The van der Waals surface area contributed by atoms with Crippen LogP contribution in [0.3, 0.4) is 0 Å². The molecule has 25 heavy (non-hydrogen) atoms. The standard InChI is InChI=1S/C18H26BrNO3S2/c1-7-9-13(8-2)15(24)25-17(3,4)12-14(21)23-11-10-20-16(22)18(5,6)19/h7-9H,1-2,10-12H2,3-6H3,(H,20,22)/b13-9+. The average molecular weight is 448 g/mol. The summed E-state index contributed by atoms with van der Waals surface area (Å²) in [6.45, 7) is 15.1. The van der Waals surface area contributed by atoms with Gasteiger partial charge in [0.1, 0.15) is 6.61 Å². The Labute approximate surface area is 168 Å². The van der Waals surface area contributed by atoms with E-state index in [1.54, 1.807) is 32.1 Å². The molecular weight excluding hydrogens is 422 g/mol. The summed E-state index contributed by atoms with van der Waals surface area (Å²) in [5, 5.41) is 2.69. The third-order valence-electron chi connectivity index (χ3n) is 2.88. The number of thioether (sulfide) groups is 1. The van der Waals surface area contributed by atoms with Crippen molar-refractivity contribution in [3.63, 3.8) is 0 Å². The summed E-state index contributed by atoms with van der Waals surface area (Å²) in [7, 11) is 0. The fraction of sp³-hybridized carbons (Fsp3) is 0.500. The molecule has 0 bridgehead atoms. The van der Waals surface area contributed by atoms with Crippen LogP contribution in [0.5, 0.6) is 0 Å². The van der Waals surface area contributed by atoms with Gasteiger partial charge in [0.15, 0.2) is 0 Å². The van der Waals surface area contributed by atoms with Gasteiger partial charge < -0.3 is 10.1 Å². The van der Waals surface area contributed by atoms with Crippen molar-refractivity contribution in [1.29, 1.82) is 0 Å². The minimum atomic E-state index is -0.646. The van der Waals surface area contributed by atoms with E-state index >= 15 is 0 Å². The van der Waals surface area contributed by atoms with Gasteiger partial charge in [0.05, 0.1) is 21.5 Å². The molecule has 0 aliphatic carbocycles. The van der Waals surface area contributed by atoms with E-state index in [2.05, 4.69) is 34.4 Å². The van der Waals surface area contributed by atoms with Gasteiger partial charge in [0.25, 0.3) is 0 Å². The van der Waals surface area contributed by atoms with E-state index in [1.807, 2.05) is 13.8 Å². The van der Waals surface area contributed by atoms with Crippen molar-refractivity contribution in [2.45, 2.75) is 43.2 Å². The Hall–Kier alpha value is -0.920. The predicted octanol–water partition coefficient (Wildman–Crippen LogP) is 4.35. The van der Waals surface area contributed by atoms with Gasteiger partial charge in [-0.3, -0.25) is 9.59 Å². The molecule has 0 atom stereocenters. The molecule has 7 heteroatoms. The Balaban J connectivity index is 4.37. The molecule has 0 unspecified atom stereocenters. The van der Waals surface area contributed by atoms with Crippen molar-refractivity contribution < 1.29 is 14.3 Å². The van der Waals surface area contributed by atoms with Crippen molar-refractivity contribution in [1.82, 2.24) is 5.32 Å². The minimum absolute atomic E-state index is 0.132. The van der Waals surface area contributed by atoms with Crippen LogP contribution in [0.15, 0.2) is 37.0 Å². The molecule has 0 rings (SSSR count). The van der Waals surface area contributed by atoms with Gasteiger partial charge in [-0.05, 0) is 33.3 Å². The first-order chi connectivity index (χ1) is 11.4. The van der Waals surface area contributed by atoms with Gasteiger partial charge in [-0.15, -0.1) is 11.8 Å². The third kappa shape index (κ3) is 10.6. The molecule has 4 nitrogen and oxygen atoms in total. The first kappa shape index (κ1) is 24.1. The summed E-state index contributed by atoms with van der Waals surface area (Å²) in [6.07, 6.45) is 5.30. The molecule has 0 aliphatic heterocycles. The second-order valence-corrected chi connectivity index (χ2v) is 10.7. The van der Waals surface area contributed by atoms with Gasteiger partial charge in [-0.1, -0.05) is 59.5 Å². The fourth-order valence-electron chi connectivity index (χ4n) is 1.63. The molecule has 1 amide bonds. The van der Waals surface area contributed by atoms with E-state index in [0.29, 0.717) is 4.20 Å². The zero-order chi connectivity index (χ0) is 19.7. The summed E-state index contributed by atoms with van der Waals surface area (Å²) in [5.74, 6) is -0.490. The number of halogens is 1. The van der Waals surface area contributed by atoms with E-state index in [4.69, 9.17) is 17.0 Å². The predicted molar refractivity (Wildman–Crippen MR) is 114 cm³/mol. The molecule has 0 aromatic carbocycles. The van der Waals surface area contributed by atoms with E-state index < -0.39 is 9.07 Å². The first-order valence-corrected chi connectivity index (χ1v) is 9.76. The van der Waals surface area contributed by atoms with Crippen LogP contribution in [0.25, 0.3) is 0 Å². The number of hydrogen-bond donors (Lipinski definition) is 1. The number of ether oxygens (including phenoxy) is 1. The van der Waals surface area contributed by atoms with Crippen molar-refractivity contribution in [3.05, 3.63) is 37.0 Å². The Morgan fingerprint density at radius 3 is 2.36 bits per heavy atom. The quantitative estimate of drug-likeness (QED) is 0.135. The minimum Gasteiger partial charge on any atom is -0.464 e. The van der Waals surface area contributed by atoms with Crippen LogP contribution in [-0.2, 0) is 14.3 Å². The van der Waals surface area contributed by atoms with Gasteiger partial charge in [0.2, 0.25) is 5.91 Å². The number of carbonyl (C=O) groups is 2. The number of amides is 1. The van der Waals surface area contributed by atoms with Crippen molar-refractivity contribution >= 4 is 56.0 Å². The maximum Gasteiger partial charge on any atom is 0.307 e. The molecule has 0 aromatic heterocycles. The Bertz CT molecular complexity index is 563. The van der Waals surface area contributed by atoms with Crippen LogP contribution < -0.4 is 5.32 Å². The number of hydrogen-bond acceptors (Lipinski definition) is 5. The van der Waals surface area contributed by atoms with E-state index in [-0.39, 0.29) is 31.4 Å². The van der Waals surface area contributed by atoms with Crippen LogP contribution in [0.2, 0.25) is 0 Å². The molecule has 0 saturated heterocycles. The summed E-state index contributed by atoms with van der Waals surface area (Å²) < 4.78 is 4.77. The number of allylic oxidation sites excluding steroid dienone is 3. The Morgan fingerprint density at radius 1 is 1.28 bits per heavy atom. The highest BCUT2D eigenvalue weighted by atomic mass is 79.9.